The summed E-state index contributed by atoms with van der Waals surface area (Å²) < 4.78 is 9.59. The molecule has 0 atom stereocenters. The third-order valence-corrected chi connectivity index (χ3v) is 1.45. The molecule has 6 heteroatoms. The first-order valence-electron chi connectivity index (χ1n) is 5.06. The third kappa shape index (κ3) is 11.9. The monoisotopic (exact) mass is 255 g/mol. The maximum absolute atomic E-state index is 10.9. The summed E-state index contributed by atoms with van der Waals surface area (Å²) in [7, 11) is 0. The molecule has 0 rings (SSSR count). The van der Waals surface area contributed by atoms with E-state index in [1.165, 1.54) is 0 Å². The van der Waals surface area contributed by atoms with E-state index in [-0.39, 0.29) is 13.2 Å². The highest BCUT2D eigenvalue weighted by Gasteiger charge is 2.04. The van der Waals surface area contributed by atoms with E-state index in [4.69, 9.17) is 19.7 Å². The number of hydrogen-bond acceptors (Lipinski definition) is 6. The molecule has 0 unspecified atom stereocenters. The summed E-state index contributed by atoms with van der Waals surface area (Å²) in [6.07, 6.45) is 1.22. The van der Waals surface area contributed by atoms with Crippen LogP contribution in [0.25, 0.3) is 0 Å². The van der Waals surface area contributed by atoms with Crippen LogP contribution < -0.4 is 0 Å². The van der Waals surface area contributed by atoms with Crippen LogP contribution in [0.15, 0.2) is 24.3 Å². The molecule has 0 saturated heterocycles. The van der Waals surface area contributed by atoms with Gasteiger partial charge in [-0.25, -0.2) is 19.8 Å². The van der Waals surface area contributed by atoms with Crippen LogP contribution in [-0.2, 0) is 23.9 Å². The fourth-order valence-corrected chi connectivity index (χ4v) is 0.635. The number of carbonyl (C=O) groups is 2. The number of ether oxygens (including phenoxy) is 2. The SMILES string of the molecule is C=C(C)C(=O)OCCCOC(=O)C(=C)C.N=C=O. The fraction of sp³-hybridized carbons (Fsp3) is 0.417. The van der Waals surface area contributed by atoms with Crippen LogP contribution in [0, 0.1) is 5.41 Å². The number of esters is 2. The zero-order valence-electron chi connectivity index (χ0n) is 10.6. The van der Waals surface area contributed by atoms with Gasteiger partial charge in [0.05, 0.1) is 13.2 Å². The van der Waals surface area contributed by atoms with Gasteiger partial charge < -0.3 is 9.47 Å². The summed E-state index contributed by atoms with van der Waals surface area (Å²) >= 11 is 0. The Morgan fingerprint density at radius 2 is 1.33 bits per heavy atom. The van der Waals surface area contributed by atoms with Crippen LogP contribution in [0.4, 0.5) is 0 Å². The van der Waals surface area contributed by atoms with Gasteiger partial charge in [0, 0.05) is 17.6 Å². The summed E-state index contributed by atoms with van der Waals surface area (Å²) in [5.41, 5.74) is 0.711. The zero-order valence-corrected chi connectivity index (χ0v) is 10.6. The first-order chi connectivity index (χ1) is 8.36. The van der Waals surface area contributed by atoms with Crippen LogP contribution in [-0.4, -0.2) is 31.2 Å². The molecule has 1 N–H and O–H groups in total. The second-order valence-electron chi connectivity index (χ2n) is 3.29. The largest absolute Gasteiger partial charge is 0.462 e. The Bertz CT molecular complexity index is 325. The minimum absolute atomic E-state index is 0.217. The van der Waals surface area contributed by atoms with Crippen molar-refractivity contribution in [3.63, 3.8) is 0 Å². The number of isocyanates is 1. The van der Waals surface area contributed by atoms with E-state index in [0.717, 1.165) is 6.08 Å². The molecule has 0 aliphatic rings. The van der Waals surface area contributed by atoms with E-state index < -0.39 is 11.9 Å². The van der Waals surface area contributed by atoms with Gasteiger partial charge in [0.1, 0.15) is 0 Å². The minimum atomic E-state index is -0.429. The Hall–Kier alpha value is -2.20. The van der Waals surface area contributed by atoms with Crippen LogP contribution in [0.1, 0.15) is 20.3 Å². The molecule has 0 aliphatic carbocycles. The molecule has 0 heterocycles. The lowest BCUT2D eigenvalue weighted by molar-refractivity contribution is -0.141. The molecule has 0 aromatic carbocycles. The van der Waals surface area contributed by atoms with Gasteiger partial charge in [-0.05, 0) is 13.8 Å². The van der Waals surface area contributed by atoms with Gasteiger partial charge in [-0.15, -0.1) is 0 Å². The van der Waals surface area contributed by atoms with E-state index in [1.807, 2.05) is 0 Å². The minimum Gasteiger partial charge on any atom is -0.462 e. The van der Waals surface area contributed by atoms with E-state index in [9.17, 15) is 9.59 Å². The number of carbonyl (C=O) groups excluding carboxylic acids is 3. The fourth-order valence-electron chi connectivity index (χ4n) is 0.635. The number of hydrogen-bond donors (Lipinski definition) is 1. The molecule has 0 fully saturated rings. The first-order valence-corrected chi connectivity index (χ1v) is 5.06. The van der Waals surface area contributed by atoms with Gasteiger partial charge >= 0.3 is 11.9 Å². The molecule has 0 aromatic rings. The van der Waals surface area contributed by atoms with Crippen molar-refractivity contribution in [2.24, 2.45) is 0 Å². The van der Waals surface area contributed by atoms with Crippen molar-refractivity contribution in [2.75, 3.05) is 13.2 Å². The summed E-state index contributed by atoms with van der Waals surface area (Å²) in [5.74, 6) is -0.859. The van der Waals surface area contributed by atoms with Crippen molar-refractivity contribution in [2.45, 2.75) is 20.3 Å². The maximum Gasteiger partial charge on any atom is 0.333 e. The highest BCUT2D eigenvalue weighted by molar-refractivity contribution is 5.87. The van der Waals surface area contributed by atoms with E-state index in [1.54, 1.807) is 13.8 Å². The zero-order chi connectivity index (χ0) is 14.6. The molecule has 18 heavy (non-hydrogen) atoms. The average molecular weight is 255 g/mol. The lowest BCUT2D eigenvalue weighted by Gasteiger charge is -2.05. The summed E-state index contributed by atoms with van der Waals surface area (Å²) in [6.45, 7) is 10.4. The van der Waals surface area contributed by atoms with Crippen molar-refractivity contribution in [1.82, 2.24) is 0 Å². The molecule has 0 bridgehead atoms. The summed E-state index contributed by atoms with van der Waals surface area (Å²) in [5, 5.41) is 5.40. The first kappa shape index (κ1) is 18.2. The van der Waals surface area contributed by atoms with E-state index in [2.05, 4.69) is 13.2 Å². The lowest BCUT2D eigenvalue weighted by Crippen LogP contribution is -2.11. The van der Waals surface area contributed by atoms with E-state index in [0.29, 0.717) is 17.6 Å². The molecule has 0 saturated carbocycles. The number of nitrogens with one attached hydrogen (secondary N) is 1. The van der Waals surface area contributed by atoms with Crippen LogP contribution in [0.3, 0.4) is 0 Å². The molecule has 0 aliphatic heterocycles. The van der Waals surface area contributed by atoms with Crippen LogP contribution in [0.5, 0.6) is 0 Å². The molecular weight excluding hydrogens is 238 g/mol. The highest BCUT2D eigenvalue weighted by Crippen LogP contribution is 1.96. The predicted molar refractivity (Wildman–Crippen MR) is 64.6 cm³/mol. The Morgan fingerprint density at radius 1 is 1.06 bits per heavy atom. The van der Waals surface area contributed by atoms with Crippen LogP contribution >= 0.6 is 0 Å². The van der Waals surface area contributed by atoms with Gasteiger partial charge in [0.25, 0.3) is 0 Å². The molecule has 0 spiro atoms. The molecule has 100 valence electrons. The summed E-state index contributed by atoms with van der Waals surface area (Å²) in [4.78, 5) is 30.2. The van der Waals surface area contributed by atoms with Gasteiger partial charge in [-0.3, -0.25) is 0 Å². The average Bonchev–Trinajstić information content (AvgIpc) is 2.28. The van der Waals surface area contributed by atoms with Crippen molar-refractivity contribution in [3.05, 3.63) is 24.3 Å². The molecule has 0 radical (unpaired) electrons. The van der Waals surface area contributed by atoms with Crippen molar-refractivity contribution in [1.29, 1.82) is 5.41 Å². The second kappa shape index (κ2) is 11.3. The van der Waals surface area contributed by atoms with Gasteiger partial charge in [-0.2, -0.15) is 0 Å². The highest BCUT2D eigenvalue weighted by atomic mass is 16.5. The third-order valence-electron chi connectivity index (χ3n) is 1.45. The molecular formula is C12H17NO5. The normalized spacial score (nSPS) is 8.11. The van der Waals surface area contributed by atoms with E-state index >= 15 is 0 Å². The second-order valence-corrected chi connectivity index (χ2v) is 3.29. The van der Waals surface area contributed by atoms with Crippen molar-refractivity contribution < 1.29 is 23.9 Å². The van der Waals surface area contributed by atoms with Crippen molar-refractivity contribution in [3.8, 4) is 0 Å². The van der Waals surface area contributed by atoms with Gasteiger partial charge in [-0.1, -0.05) is 13.2 Å². The van der Waals surface area contributed by atoms with Crippen LogP contribution in [0.2, 0.25) is 0 Å². The number of rotatable bonds is 6. The summed E-state index contributed by atoms with van der Waals surface area (Å²) in [6, 6.07) is 0. The maximum atomic E-state index is 10.9. The Morgan fingerprint density at radius 3 is 1.56 bits per heavy atom. The molecule has 0 amide bonds. The predicted octanol–water partition coefficient (Wildman–Crippen LogP) is 1.52. The lowest BCUT2D eigenvalue weighted by atomic mass is 10.3. The van der Waals surface area contributed by atoms with Gasteiger partial charge in [0.15, 0.2) is 0 Å². The standard InChI is InChI=1S/C11H16O4.CHNO/c1-8(2)10(12)14-6-5-7-15-11(13)9(3)4;2-1-3/h1,3,5-7H2,2,4H3;2H. The smallest absolute Gasteiger partial charge is 0.333 e. The Balaban J connectivity index is 0. The van der Waals surface area contributed by atoms with Gasteiger partial charge in [0.2, 0.25) is 6.08 Å². The van der Waals surface area contributed by atoms with Crippen molar-refractivity contribution >= 4 is 18.0 Å². The quantitative estimate of drug-likeness (QED) is 0.255. The molecule has 0 aromatic heterocycles. The topological polar surface area (TPSA) is 93.5 Å². The Kier molecular flexibility index (Phi) is 11.4. The Labute approximate surface area is 106 Å². The molecule has 6 nitrogen and oxygen atoms in total.